The van der Waals surface area contributed by atoms with Crippen molar-refractivity contribution in [3.05, 3.63) is 59.6 Å². The minimum Gasteiger partial charge on any atom is -0.343 e. The lowest BCUT2D eigenvalue weighted by Gasteiger charge is -2.26. The molecule has 1 fully saturated rings. The summed E-state index contributed by atoms with van der Waals surface area (Å²) >= 11 is 1.70. The average molecular weight is 395 g/mol. The summed E-state index contributed by atoms with van der Waals surface area (Å²) in [6.45, 7) is 3.24. The Balaban J connectivity index is 1.40. The Morgan fingerprint density at radius 2 is 1.89 bits per heavy atom. The van der Waals surface area contributed by atoms with Crippen LogP contribution in [0.5, 0.6) is 0 Å². The fourth-order valence-electron chi connectivity index (χ4n) is 3.59. The summed E-state index contributed by atoms with van der Waals surface area (Å²) < 4.78 is 1.94. The summed E-state index contributed by atoms with van der Waals surface area (Å²) in [6.07, 6.45) is 6.17. The number of para-hydroxylation sites is 1. The SMILES string of the molecule is O=C(CCNCc1cn(-c2ccccc2)nc1-c1cccs1)N1CCCCC1. The number of thiophene rings is 1. The van der Waals surface area contributed by atoms with Gasteiger partial charge < -0.3 is 10.2 Å². The van der Waals surface area contributed by atoms with Crippen LogP contribution in [0.1, 0.15) is 31.2 Å². The van der Waals surface area contributed by atoms with Crippen molar-refractivity contribution in [3.63, 3.8) is 0 Å². The molecule has 0 saturated carbocycles. The van der Waals surface area contributed by atoms with Gasteiger partial charge in [-0.3, -0.25) is 4.79 Å². The quantitative estimate of drug-likeness (QED) is 0.614. The van der Waals surface area contributed by atoms with Crippen molar-refractivity contribution in [2.24, 2.45) is 0 Å². The molecule has 1 aliphatic heterocycles. The maximum atomic E-state index is 12.3. The number of benzene rings is 1. The molecule has 6 heteroatoms. The summed E-state index contributed by atoms with van der Waals surface area (Å²) in [5.74, 6) is 0.269. The third-order valence-electron chi connectivity index (χ3n) is 5.11. The van der Waals surface area contributed by atoms with Crippen molar-refractivity contribution in [1.29, 1.82) is 0 Å². The molecule has 4 rings (SSSR count). The average Bonchev–Trinajstić information content (AvgIpc) is 3.42. The Morgan fingerprint density at radius 3 is 2.64 bits per heavy atom. The highest BCUT2D eigenvalue weighted by Gasteiger charge is 2.16. The van der Waals surface area contributed by atoms with E-state index in [1.54, 1.807) is 11.3 Å². The lowest BCUT2D eigenvalue weighted by atomic mass is 10.1. The Kier molecular flexibility index (Phi) is 6.19. The second kappa shape index (κ2) is 9.17. The minimum atomic E-state index is 0.269. The summed E-state index contributed by atoms with van der Waals surface area (Å²) in [4.78, 5) is 15.5. The number of rotatable bonds is 7. The minimum absolute atomic E-state index is 0.269. The van der Waals surface area contributed by atoms with Crippen LogP contribution in [0.25, 0.3) is 16.3 Å². The first-order valence-corrected chi connectivity index (χ1v) is 10.9. The number of piperidine rings is 1. The topological polar surface area (TPSA) is 50.2 Å². The zero-order valence-corrected chi connectivity index (χ0v) is 16.8. The summed E-state index contributed by atoms with van der Waals surface area (Å²) in [5, 5.41) is 10.3. The molecule has 1 N–H and O–H groups in total. The second-order valence-electron chi connectivity index (χ2n) is 7.13. The van der Waals surface area contributed by atoms with E-state index >= 15 is 0 Å². The van der Waals surface area contributed by atoms with E-state index in [2.05, 4.69) is 41.2 Å². The van der Waals surface area contributed by atoms with E-state index in [-0.39, 0.29) is 5.91 Å². The fraction of sp³-hybridized carbons (Fsp3) is 0.364. The van der Waals surface area contributed by atoms with Crippen molar-refractivity contribution < 1.29 is 4.79 Å². The highest BCUT2D eigenvalue weighted by atomic mass is 32.1. The Morgan fingerprint density at radius 1 is 1.07 bits per heavy atom. The Bertz CT molecular complexity index is 883. The number of nitrogens with zero attached hydrogens (tertiary/aromatic N) is 3. The van der Waals surface area contributed by atoms with Crippen molar-refractivity contribution in [3.8, 4) is 16.3 Å². The van der Waals surface area contributed by atoms with E-state index in [0.717, 1.165) is 47.8 Å². The van der Waals surface area contributed by atoms with E-state index in [9.17, 15) is 4.79 Å². The molecule has 3 heterocycles. The molecule has 1 saturated heterocycles. The van der Waals surface area contributed by atoms with Crippen LogP contribution in [0.2, 0.25) is 0 Å². The van der Waals surface area contributed by atoms with Gasteiger partial charge >= 0.3 is 0 Å². The number of carbonyl (C=O) groups excluding carboxylic acids is 1. The zero-order valence-electron chi connectivity index (χ0n) is 16.0. The van der Waals surface area contributed by atoms with Crippen LogP contribution in [0, 0.1) is 0 Å². The number of hydrogen-bond donors (Lipinski definition) is 1. The number of nitrogens with one attached hydrogen (secondary N) is 1. The molecule has 146 valence electrons. The van der Waals surface area contributed by atoms with Crippen LogP contribution in [0.3, 0.4) is 0 Å². The van der Waals surface area contributed by atoms with E-state index < -0.39 is 0 Å². The predicted molar refractivity (Wildman–Crippen MR) is 114 cm³/mol. The number of aromatic nitrogens is 2. The molecular formula is C22H26N4OS. The molecule has 0 radical (unpaired) electrons. The summed E-state index contributed by atoms with van der Waals surface area (Å²) in [5.41, 5.74) is 3.21. The monoisotopic (exact) mass is 394 g/mol. The van der Waals surface area contributed by atoms with Gasteiger partial charge in [-0.2, -0.15) is 5.10 Å². The molecule has 28 heavy (non-hydrogen) atoms. The van der Waals surface area contributed by atoms with Gasteiger partial charge in [-0.25, -0.2) is 4.68 Å². The van der Waals surface area contributed by atoms with E-state index in [1.807, 2.05) is 27.8 Å². The summed E-state index contributed by atoms with van der Waals surface area (Å²) in [7, 11) is 0. The van der Waals surface area contributed by atoms with Gasteiger partial charge in [0, 0.05) is 44.4 Å². The smallest absolute Gasteiger partial charge is 0.223 e. The number of hydrogen-bond acceptors (Lipinski definition) is 4. The van der Waals surface area contributed by atoms with Crippen molar-refractivity contribution >= 4 is 17.2 Å². The standard InChI is InChI=1S/C22H26N4OS/c27-21(25-13-5-2-6-14-25)11-12-23-16-18-17-26(19-8-3-1-4-9-19)24-22(18)20-10-7-15-28-20/h1,3-4,7-10,15,17,23H,2,5-6,11-14,16H2. The van der Waals surface area contributed by atoms with Gasteiger partial charge in [-0.05, 0) is 42.8 Å². The van der Waals surface area contributed by atoms with E-state index in [4.69, 9.17) is 5.10 Å². The van der Waals surface area contributed by atoms with Crippen molar-refractivity contribution in [1.82, 2.24) is 20.0 Å². The van der Waals surface area contributed by atoms with Crippen molar-refractivity contribution in [2.75, 3.05) is 19.6 Å². The lowest BCUT2D eigenvalue weighted by Crippen LogP contribution is -2.37. The first kappa shape index (κ1) is 18.9. The number of likely N-dealkylation sites (tertiary alicyclic amines) is 1. The van der Waals surface area contributed by atoms with Gasteiger partial charge in [0.15, 0.2) is 0 Å². The normalized spacial score (nSPS) is 14.4. The van der Waals surface area contributed by atoms with Gasteiger partial charge in [-0.15, -0.1) is 11.3 Å². The molecule has 1 amide bonds. The van der Waals surface area contributed by atoms with E-state index in [0.29, 0.717) is 19.5 Å². The first-order chi connectivity index (χ1) is 13.8. The number of amides is 1. The molecule has 0 atom stereocenters. The Labute approximate surface area is 170 Å². The van der Waals surface area contributed by atoms with Gasteiger partial charge in [0.05, 0.1) is 10.6 Å². The molecule has 2 aromatic heterocycles. The molecule has 3 aromatic rings. The van der Waals surface area contributed by atoms with Crippen LogP contribution >= 0.6 is 11.3 Å². The molecule has 1 aliphatic rings. The van der Waals surface area contributed by atoms with Crippen LogP contribution in [0.15, 0.2) is 54.0 Å². The van der Waals surface area contributed by atoms with Gasteiger partial charge in [0.2, 0.25) is 5.91 Å². The zero-order chi connectivity index (χ0) is 19.2. The molecule has 5 nitrogen and oxygen atoms in total. The fourth-order valence-corrected chi connectivity index (χ4v) is 4.34. The second-order valence-corrected chi connectivity index (χ2v) is 8.08. The van der Waals surface area contributed by atoms with Crippen LogP contribution in [-0.4, -0.2) is 40.2 Å². The van der Waals surface area contributed by atoms with Crippen LogP contribution in [0.4, 0.5) is 0 Å². The number of carbonyl (C=O) groups is 1. The highest BCUT2D eigenvalue weighted by molar-refractivity contribution is 7.13. The third kappa shape index (κ3) is 4.51. The molecule has 0 spiro atoms. The third-order valence-corrected chi connectivity index (χ3v) is 5.98. The molecular weight excluding hydrogens is 368 g/mol. The summed E-state index contributed by atoms with van der Waals surface area (Å²) in [6, 6.07) is 14.3. The lowest BCUT2D eigenvalue weighted by molar-refractivity contribution is -0.131. The predicted octanol–water partition coefficient (Wildman–Crippen LogP) is 4.09. The maximum Gasteiger partial charge on any atom is 0.223 e. The first-order valence-electron chi connectivity index (χ1n) is 9.97. The Hall–Kier alpha value is -2.44. The van der Waals surface area contributed by atoms with Gasteiger partial charge in [0.25, 0.3) is 0 Å². The highest BCUT2D eigenvalue weighted by Crippen LogP contribution is 2.27. The molecule has 0 aliphatic carbocycles. The molecule has 0 unspecified atom stereocenters. The molecule has 1 aromatic carbocycles. The maximum absolute atomic E-state index is 12.3. The van der Waals surface area contributed by atoms with Crippen LogP contribution in [-0.2, 0) is 11.3 Å². The largest absolute Gasteiger partial charge is 0.343 e. The molecule has 0 bridgehead atoms. The van der Waals surface area contributed by atoms with Gasteiger partial charge in [0.1, 0.15) is 5.69 Å². The van der Waals surface area contributed by atoms with Gasteiger partial charge in [-0.1, -0.05) is 24.3 Å². The van der Waals surface area contributed by atoms with Crippen LogP contribution < -0.4 is 5.32 Å². The van der Waals surface area contributed by atoms with E-state index in [1.165, 1.54) is 6.42 Å². The van der Waals surface area contributed by atoms with Crippen molar-refractivity contribution in [2.45, 2.75) is 32.2 Å².